The maximum absolute atomic E-state index is 12.8. The normalized spacial score (nSPS) is 10.2. The van der Waals surface area contributed by atoms with E-state index in [1.807, 2.05) is 18.2 Å². The molecule has 2 aromatic rings. The Kier molecular flexibility index (Phi) is 4.23. The molecule has 0 amide bonds. The van der Waals surface area contributed by atoms with Gasteiger partial charge in [0.25, 0.3) is 0 Å². The van der Waals surface area contributed by atoms with E-state index in [2.05, 4.69) is 5.32 Å². The molecule has 100 valence electrons. The number of ether oxygens (including phenoxy) is 1. The summed E-state index contributed by atoms with van der Waals surface area (Å²) in [6.45, 7) is 0.725. The summed E-state index contributed by atoms with van der Waals surface area (Å²) in [5.74, 6) is 0.445. The molecule has 0 heterocycles. The standard InChI is InChI=1S/C15H17FN2O/c1-19-14-4-2-3-13(15(14)17)18-10-9-11-5-7-12(16)8-6-11/h2-8,18H,9-10,17H2,1H3. The van der Waals surface area contributed by atoms with Crippen LogP contribution >= 0.6 is 0 Å². The average molecular weight is 260 g/mol. The molecule has 0 aromatic heterocycles. The minimum atomic E-state index is -0.214. The molecule has 0 spiro atoms. The van der Waals surface area contributed by atoms with Crippen molar-refractivity contribution in [2.24, 2.45) is 0 Å². The molecule has 0 aliphatic heterocycles. The highest BCUT2D eigenvalue weighted by Crippen LogP contribution is 2.28. The molecule has 3 N–H and O–H groups in total. The van der Waals surface area contributed by atoms with Crippen LogP contribution in [0.25, 0.3) is 0 Å². The van der Waals surface area contributed by atoms with E-state index < -0.39 is 0 Å². The van der Waals surface area contributed by atoms with Crippen LogP contribution < -0.4 is 15.8 Å². The molecular weight excluding hydrogens is 243 g/mol. The lowest BCUT2D eigenvalue weighted by Crippen LogP contribution is -2.07. The highest BCUT2D eigenvalue weighted by Gasteiger charge is 2.04. The first kappa shape index (κ1) is 13.2. The van der Waals surface area contributed by atoms with Gasteiger partial charge in [-0.05, 0) is 36.2 Å². The van der Waals surface area contributed by atoms with Crippen molar-refractivity contribution in [1.29, 1.82) is 0 Å². The third kappa shape index (κ3) is 3.37. The topological polar surface area (TPSA) is 47.3 Å². The second-order valence-electron chi connectivity index (χ2n) is 4.22. The molecule has 0 atom stereocenters. The summed E-state index contributed by atoms with van der Waals surface area (Å²) in [5.41, 5.74) is 8.48. The molecule has 0 saturated heterocycles. The van der Waals surface area contributed by atoms with Crippen LogP contribution in [-0.4, -0.2) is 13.7 Å². The Morgan fingerprint density at radius 1 is 1.16 bits per heavy atom. The summed E-state index contributed by atoms with van der Waals surface area (Å²) < 4.78 is 17.9. The zero-order valence-electron chi connectivity index (χ0n) is 10.8. The van der Waals surface area contributed by atoms with Crippen LogP contribution in [0.15, 0.2) is 42.5 Å². The number of methoxy groups -OCH3 is 1. The molecule has 0 aliphatic rings. The van der Waals surface area contributed by atoms with E-state index >= 15 is 0 Å². The Balaban J connectivity index is 1.94. The van der Waals surface area contributed by atoms with E-state index in [9.17, 15) is 4.39 Å². The molecule has 19 heavy (non-hydrogen) atoms. The molecule has 0 unspecified atom stereocenters. The van der Waals surface area contributed by atoms with Crippen LogP contribution in [0.3, 0.4) is 0 Å². The van der Waals surface area contributed by atoms with Gasteiger partial charge in [0, 0.05) is 6.54 Å². The van der Waals surface area contributed by atoms with Crippen LogP contribution in [0.4, 0.5) is 15.8 Å². The number of halogens is 1. The van der Waals surface area contributed by atoms with Gasteiger partial charge in [-0.15, -0.1) is 0 Å². The number of nitrogens with one attached hydrogen (secondary N) is 1. The summed E-state index contributed by atoms with van der Waals surface area (Å²) in [6, 6.07) is 12.1. The Morgan fingerprint density at radius 3 is 2.58 bits per heavy atom. The molecule has 0 radical (unpaired) electrons. The predicted octanol–water partition coefficient (Wildman–Crippen LogP) is 3.07. The van der Waals surface area contributed by atoms with E-state index in [0.29, 0.717) is 11.4 Å². The number of hydrogen-bond donors (Lipinski definition) is 2. The van der Waals surface area contributed by atoms with Crippen molar-refractivity contribution >= 4 is 11.4 Å². The SMILES string of the molecule is COc1cccc(NCCc2ccc(F)cc2)c1N. The minimum absolute atomic E-state index is 0.214. The first-order chi connectivity index (χ1) is 9.20. The lowest BCUT2D eigenvalue weighted by Gasteiger charge is -2.12. The van der Waals surface area contributed by atoms with E-state index in [1.165, 1.54) is 12.1 Å². The summed E-state index contributed by atoms with van der Waals surface area (Å²) in [4.78, 5) is 0. The van der Waals surface area contributed by atoms with Crippen molar-refractivity contribution in [2.45, 2.75) is 6.42 Å². The molecule has 4 heteroatoms. The first-order valence-corrected chi connectivity index (χ1v) is 6.11. The van der Waals surface area contributed by atoms with Crippen LogP contribution in [0, 0.1) is 5.82 Å². The van der Waals surface area contributed by atoms with E-state index in [4.69, 9.17) is 10.5 Å². The molecule has 0 aliphatic carbocycles. The van der Waals surface area contributed by atoms with Gasteiger partial charge in [-0.1, -0.05) is 18.2 Å². The van der Waals surface area contributed by atoms with Crippen molar-refractivity contribution in [3.63, 3.8) is 0 Å². The molecule has 2 aromatic carbocycles. The van der Waals surface area contributed by atoms with E-state index in [0.717, 1.165) is 24.2 Å². The Morgan fingerprint density at radius 2 is 1.89 bits per heavy atom. The monoisotopic (exact) mass is 260 g/mol. The fraction of sp³-hybridized carbons (Fsp3) is 0.200. The smallest absolute Gasteiger partial charge is 0.143 e. The highest BCUT2D eigenvalue weighted by molar-refractivity contribution is 5.72. The van der Waals surface area contributed by atoms with Crippen LogP contribution in [0.2, 0.25) is 0 Å². The summed E-state index contributed by atoms with van der Waals surface area (Å²) in [6.07, 6.45) is 0.803. The molecule has 0 saturated carbocycles. The van der Waals surface area contributed by atoms with Gasteiger partial charge in [0.05, 0.1) is 18.5 Å². The van der Waals surface area contributed by atoms with E-state index in [-0.39, 0.29) is 5.82 Å². The van der Waals surface area contributed by atoms with Gasteiger partial charge in [0.1, 0.15) is 11.6 Å². The van der Waals surface area contributed by atoms with Crippen molar-refractivity contribution < 1.29 is 9.13 Å². The summed E-state index contributed by atoms with van der Waals surface area (Å²) >= 11 is 0. The van der Waals surface area contributed by atoms with Crippen LogP contribution in [-0.2, 0) is 6.42 Å². The molecule has 0 bridgehead atoms. The Hall–Kier alpha value is -2.23. The zero-order chi connectivity index (χ0) is 13.7. The Bertz CT molecular complexity index is 540. The van der Waals surface area contributed by atoms with Gasteiger partial charge in [-0.25, -0.2) is 4.39 Å². The lowest BCUT2D eigenvalue weighted by molar-refractivity contribution is 0.417. The van der Waals surface area contributed by atoms with Gasteiger partial charge in [-0.3, -0.25) is 0 Å². The number of hydrogen-bond acceptors (Lipinski definition) is 3. The second kappa shape index (κ2) is 6.09. The number of nitrogens with two attached hydrogens (primary N) is 1. The van der Waals surface area contributed by atoms with Crippen molar-refractivity contribution in [1.82, 2.24) is 0 Å². The van der Waals surface area contributed by atoms with Gasteiger partial charge in [0.2, 0.25) is 0 Å². The summed E-state index contributed by atoms with van der Waals surface area (Å²) in [7, 11) is 1.59. The highest BCUT2D eigenvalue weighted by atomic mass is 19.1. The van der Waals surface area contributed by atoms with Crippen LogP contribution in [0.1, 0.15) is 5.56 Å². The lowest BCUT2D eigenvalue weighted by atomic mass is 10.1. The largest absolute Gasteiger partial charge is 0.495 e. The minimum Gasteiger partial charge on any atom is -0.495 e. The van der Waals surface area contributed by atoms with Crippen molar-refractivity contribution in [3.05, 3.63) is 53.8 Å². The average Bonchev–Trinajstić information content (AvgIpc) is 2.43. The van der Waals surface area contributed by atoms with Gasteiger partial charge < -0.3 is 15.8 Å². The quantitative estimate of drug-likeness (QED) is 0.812. The number of anilines is 2. The van der Waals surface area contributed by atoms with Crippen molar-refractivity contribution in [2.75, 3.05) is 24.7 Å². The fourth-order valence-electron chi connectivity index (χ4n) is 1.87. The Labute approximate surface area is 112 Å². The number of benzene rings is 2. The third-order valence-corrected chi connectivity index (χ3v) is 2.93. The first-order valence-electron chi connectivity index (χ1n) is 6.11. The number of nitrogen functional groups attached to an aromatic ring is 1. The van der Waals surface area contributed by atoms with Gasteiger partial charge in [-0.2, -0.15) is 0 Å². The maximum Gasteiger partial charge on any atom is 0.143 e. The molecular formula is C15H17FN2O. The zero-order valence-corrected chi connectivity index (χ0v) is 10.8. The number of para-hydroxylation sites is 1. The van der Waals surface area contributed by atoms with Crippen LogP contribution in [0.5, 0.6) is 5.75 Å². The summed E-state index contributed by atoms with van der Waals surface area (Å²) in [5, 5.41) is 3.25. The fourth-order valence-corrected chi connectivity index (χ4v) is 1.87. The molecule has 2 rings (SSSR count). The maximum atomic E-state index is 12.8. The third-order valence-electron chi connectivity index (χ3n) is 2.93. The molecule has 0 fully saturated rings. The van der Waals surface area contributed by atoms with Gasteiger partial charge in [0.15, 0.2) is 0 Å². The number of rotatable bonds is 5. The van der Waals surface area contributed by atoms with Gasteiger partial charge >= 0.3 is 0 Å². The predicted molar refractivity (Wildman–Crippen MR) is 76.0 cm³/mol. The van der Waals surface area contributed by atoms with E-state index in [1.54, 1.807) is 19.2 Å². The molecule has 3 nitrogen and oxygen atoms in total. The second-order valence-corrected chi connectivity index (χ2v) is 4.22. The van der Waals surface area contributed by atoms with Crippen molar-refractivity contribution in [3.8, 4) is 5.75 Å².